The first-order chi connectivity index (χ1) is 13.5. The predicted molar refractivity (Wildman–Crippen MR) is 97.0 cm³/mol. The molecule has 8 nitrogen and oxygen atoms in total. The summed E-state index contributed by atoms with van der Waals surface area (Å²) in [4.78, 5) is 50.1. The molecule has 0 radical (unpaired) electrons. The maximum atomic E-state index is 12.4. The van der Waals surface area contributed by atoms with Crippen LogP contribution in [0.2, 0.25) is 0 Å². The fraction of sp³-hybridized carbons (Fsp3) is 0.500. The highest BCUT2D eigenvalue weighted by molar-refractivity contribution is 6.07. The molecule has 2 fully saturated rings. The molecule has 1 heterocycles. The number of nitrogens with zero attached hydrogens (tertiary/aromatic N) is 1. The van der Waals surface area contributed by atoms with Crippen molar-refractivity contribution in [1.29, 1.82) is 0 Å². The van der Waals surface area contributed by atoms with Gasteiger partial charge in [-0.2, -0.15) is 0 Å². The van der Waals surface area contributed by atoms with Gasteiger partial charge in [0.15, 0.2) is 23.9 Å². The quantitative estimate of drug-likeness (QED) is 0.397. The number of carbonyl (C=O) groups excluding carboxylic acids is 4. The van der Waals surface area contributed by atoms with Crippen LogP contribution < -0.4 is 9.47 Å². The Kier molecular flexibility index (Phi) is 5.96. The largest absolute Gasteiger partial charge is 0.493 e. The van der Waals surface area contributed by atoms with E-state index in [1.807, 2.05) is 0 Å². The van der Waals surface area contributed by atoms with Crippen molar-refractivity contribution in [2.75, 3.05) is 27.4 Å². The number of hydrogen-bond acceptors (Lipinski definition) is 7. The molecule has 150 valence electrons. The van der Waals surface area contributed by atoms with E-state index in [-0.39, 0.29) is 23.7 Å². The van der Waals surface area contributed by atoms with E-state index >= 15 is 0 Å². The SMILES string of the molecule is COc1ccc(C(=O)COC(=O)CN2C(=O)[C@H]3CCCC[C@H]3C2=O)cc1OC. The highest BCUT2D eigenvalue weighted by Crippen LogP contribution is 2.37. The Morgan fingerprint density at radius 1 is 1.00 bits per heavy atom. The monoisotopic (exact) mass is 389 g/mol. The summed E-state index contributed by atoms with van der Waals surface area (Å²) in [6.45, 7) is -0.943. The maximum Gasteiger partial charge on any atom is 0.326 e. The normalized spacial score (nSPS) is 21.3. The van der Waals surface area contributed by atoms with Gasteiger partial charge < -0.3 is 14.2 Å². The molecule has 1 saturated heterocycles. The topological polar surface area (TPSA) is 99.2 Å². The van der Waals surface area contributed by atoms with E-state index in [0.29, 0.717) is 29.9 Å². The Balaban J connectivity index is 1.56. The van der Waals surface area contributed by atoms with Crippen molar-refractivity contribution in [2.24, 2.45) is 11.8 Å². The fourth-order valence-corrected chi connectivity index (χ4v) is 3.80. The molecule has 1 aromatic carbocycles. The smallest absolute Gasteiger partial charge is 0.326 e. The van der Waals surface area contributed by atoms with Gasteiger partial charge in [-0.1, -0.05) is 12.8 Å². The summed E-state index contributed by atoms with van der Waals surface area (Å²) in [6.07, 6.45) is 3.19. The summed E-state index contributed by atoms with van der Waals surface area (Å²) in [5.74, 6) is -1.60. The van der Waals surface area contributed by atoms with Crippen LogP contribution >= 0.6 is 0 Å². The molecule has 2 amide bonds. The minimum absolute atomic E-state index is 0.296. The second-order valence-electron chi connectivity index (χ2n) is 6.91. The van der Waals surface area contributed by atoms with Crippen molar-refractivity contribution in [3.8, 4) is 11.5 Å². The van der Waals surface area contributed by atoms with Gasteiger partial charge in [-0.3, -0.25) is 24.1 Å². The van der Waals surface area contributed by atoms with Crippen LogP contribution in [0.15, 0.2) is 18.2 Å². The molecule has 1 aliphatic heterocycles. The van der Waals surface area contributed by atoms with Crippen LogP contribution in [-0.4, -0.2) is 55.8 Å². The van der Waals surface area contributed by atoms with Gasteiger partial charge in [0.2, 0.25) is 11.8 Å². The molecule has 2 atom stereocenters. The zero-order valence-electron chi connectivity index (χ0n) is 15.9. The Morgan fingerprint density at radius 3 is 2.18 bits per heavy atom. The lowest BCUT2D eigenvalue weighted by Crippen LogP contribution is -2.37. The Bertz CT molecular complexity index is 780. The molecule has 0 aromatic heterocycles. The summed E-state index contributed by atoms with van der Waals surface area (Å²) >= 11 is 0. The lowest BCUT2D eigenvalue weighted by atomic mass is 9.81. The molecule has 1 aromatic rings. The first kappa shape index (κ1) is 19.9. The summed E-state index contributed by atoms with van der Waals surface area (Å²) in [7, 11) is 2.94. The Morgan fingerprint density at radius 2 is 1.61 bits per heavy atom. The minimum atomic E-state index is -0.783. The zero-order valence-corrected chi connectivity index (χ0v) is 15.9. The molecule has 0 unspecified atom stereocenters. The predicted octanol–water partition coefficient (Wildman–Crippen LogP) is 1.60. The molecule has 28 heavy (non-hydrogen) atoms. The third-order valence-electron chi connectivity index (χ3n) is 5.29. The van der Waals surface area contributed by atoms with E-state index in [0.717, 1.165) is 17.7 Å². The second kappa shape index (κ2) is 8.41. The van der Waals surface area contributed by atoms with Crippen molar-refractivity contribution in [2.45, 2.75) is 25.7 Å². The zero-order chi connectivity index (χ0) is 20.3. The van der Waals surface area contributed by atoms with Crippen molar-refractivity contribution in [1.82, 2.24) is 4.90 Å². The lowest BCUT2D eigenvalue weighted by Gasteiger charge is -2.19. The van der Waals surface area contributed by atoms with Crippen LogP contribution in [0, 0.1) is 11.8 Å². The number of ether oxygens (including phenoxy) is 3. The summed E-state index contributed by atoms with van der Waals surface area (Å²) in [5.41, 5.74) is 0.296. The third-order valence-corrected chi connectivity index (χ3v) is 5.29. The molecule has 2 aliphatic rings. The highest BCUT2D eigenvalue weighted by atomic mass is 16.5. The number of imide groups is 1. The fourth-order valence-electron chi connectivity index (χ4n) is 3.80. The van der Waals surface area contributed by atoms with Crippen LogP contribution in [0.4, 0.5) is 0 Å². The van der Waals surface area contributed by atoms with Crippen molar-refractivity contribution in [3.05, 3.63) is 23.8 Å². The molecular weight excluding hydrogens is 366 g/mol. The second-order valence-corrected chi connectivity index (χ2v) is 6.91. The summed E-state index contributed by atoms with van der Waals surface area (Å²) in [5, 5.41) is 0. The van der Waals surface area contributed by atoms with Crippen LogP contribution in [-0.2, 0) is 19.1 Å². The number of rotatable bonds is 7. The number of esters is 1. The number of carbonyl (C=O) groups is 4. The van der Waals surface area contributed by atoms with Gasteiger partial charge in [-0.25, -0.2) is 0 Å². The number of fused-ring (bicyclic) bond motifs is 1. The molecule has 0 spiro atoms. The number of benzene rings is 1. The van der Waals surface area contributed by atoms with Gasteiger partial charge in [0.05, 0.1) is 26.1 Å². The number of methoxy groups -OCH3 is 2. The van der Waals surface area contributed by atoms with Gasteiger partial charge in [0.25, 0.3) is 0 Å². The molecule has 1 aliphatic carbocycles. The summed E-state index contributed by atoms with van der Waals surface area (Å²) in [6, 6.07) is 4.61. The van der Waals surface area contributed by atoms with E-state index in [2.05, 4.69) is 0 Å². The molecule has 8 heteroatoms. The van der Waals surface area contributed by atoms with E-state index in [1.165, 1.54) is 26.4 Å². The molecule has 1 saturated carbocycles. The van der Waals surface area contributed by atoms with Gasteiger partial charge in [0, 0.05) is 5.56 Å². The van der Waals surface area contributed by atoms with E-state index in [1.54, 1.807) is 6.07 Å². The molecular formula is C20H23NO7. The standard InChI is InChI=1S/C20H23NO7/c1-26-16-8-7-12(9-17(16)27-2)15(22)11-28-18(23)10-21-19(24)13-5-3-4-6-14(13)20(21)25/h7-9,13-14H,3-6,10-11H2,1-2H3/t13-,14+. The first-order valence-electron chi connectivity index (χ1n) is 9.22. The van der Waals surface area contributed by atoms with Crippen LogP contribution in [0.3, 0.4) is 0 Å². The number of Topliss-reactive ketones (excluding diaryl/α,β-unsaturated/α-hetero) is 1. The van der Waals surface area contributed by atoms with E-state index in [9.17, 15) is 19.2 Å². The van der Waals surface area contributed by atoms with Crippen molar-refractivity contribution < 1.29 is 33.4 Å². The van der Waals surface area contributed by atoms with Gasteiger partial charge >= 0.3 is 5.97 Å². The van der Waals surface area contributed by atoms with Crippen molar-refractivity contribution in [3.63, 3.8) is 0 Å². The Hall–Kier alpha value is -2.90. The molecule has 3 rings (SSSR count). The lowest BCUT2D eigenvalue weighted by molar-refractivity contribution is -0.152. The van der Waals surface area contributed by atoms with Crippen LogP contribution in [0.5, 0.6) is 11.5 Å². The third kappa shape index (κ3) is 3.85. The minimum Gasteiger partial charge on any atom is -0.493 e. The van der Waals surface area contributed by atoms with Crippen LogP contribution in [0.1, 0.15) is 36.0 Å². The number of amides is 2. The Labute approximate surface area is 162 Å². The molecule has 0 N–H and O–H groups in total. The highest BCUT2D eigenvalue weighted by Gasteiger charge is 2.48. The van der Waals surface area contributed by atoms with E-state index in [4.69, 9.17) is 14.2 Å². The average molecular weight is 389 g/mol. The van der Waals surface area contributed by atoms with Crippen LogP contribution in [0.25, 0.3) is 0 Å². The molecule has 0 bridgehead atoms. The summed E-state index contributed by atoms with van der Waals surface area (Å²) < 4.78 is 15.3. The maximum absolute atomic E-state index is 12.4. The average Bonchev–Trinajstić information content (AvgIpc) is 2.96. The van der Waals surface area contributed by atoms with E-state index < -0.39 is 24.9 Å². The number of ketones is 1. The number of hydrogen-bond donors (Lipinski definition) is 0. The van der Waals surface area contributed by atoms with Crippen molar-refractivity contribution >= 4 is 23.6 Å². The first-order valence-corrected chi connectivity index (χ1v) is 9.22. The van der Waals surface area contributed by atoms with Gasteiger partial charge in [-0.05, 0) is 31.0 Å². The van der Waals surface area contributed by atoms with Gasteiger partial charge in [0.1, 0.15) is 6.54 Å². The van der Waals surface area contributed by atoms with Gasteiger partial charge in [-0.15, -0.1) is 0 Å². The number of likely N-dealkylation sites (tertiary alicyclic amines) is 1.